The Morgan fingerprint density at radius 1 is 1.29 bits per heavy atom. The van der Waals surface area contributed by atoms with Crippen LogP contribution in [-0.4, -0.2) is 23.8 Å². The molecule has 2 heteroatoms. The lowest BCUT2D eigenvalue weighted by Crippen LogP contribution is -2.29. The van der Waals surface area contributed by atoms with Gasteiger partial charge in [0.15, 0.2) is 0 Å². The van der Waals surface area contributed by atoms with Crippen LogP contribution in [-0.2, 0) is 0 Å². The molecule has 0 saturated heterocycles. The van der Waals surface area contributed by atoms with Gasteiger partial charge in [-0.1, -0.05) is 12.5 Å². The molecule has 0 aliphatic carbocycles. The van der Waals surface area contributed by atoms with Gasteiger partial charge in [-0.3, -0.25) is 0 Å². The van der Waals surface area contributed by atoms with Gasteiger partial charge in [-0.25, -0.2) is 0 Å². The number of hydrogen-bond acceptors (Lipinski definition) is 2. The second kappa shape index (κ2) is 9.22. The van der Waals surface area contributed by atoms with Gasteiger partial charge in [-0.05, 0) is 46.1 Å². The fourth-order valence-corrected chi connectivity index (χ4v) is 1.53. The summed E-state index contributed by atoms with van der Waals surface area (Å²) >= 11 is 0. The summed E-state index contributed by atoms with van der Waals surface area (Å²) in [4.78, 5) is 0. The first-order valence-corrected chi connectivity index (χ1v) is 5.69. The van der Waals surface area contributed by atoms with Crippen molar-refractivity contribution in [1.82, 2.24) is 5.32 Å². The van der Waals surface area contributed by atoms with Gasteiger partial charge in [0, 0.05) is 6.04 Å². The predicted molar refractivity (Wildman–Crippen MR) is 62.4 cm³/mol. The van der Waals surface area contributed by atoms with Crippen LogP contribution < -0.4 is 5.32 Å². The molecule has 0 heterocycles. The zero-order chi connectivity index (χ0) is 10.8. The van der Waals surface area contributed by atoms with Gasteiger partial charge in [0.25, 0.3) is 0 Å². The number of nitrogens with one attached hydrogen (secondary N) is 1. The lowest BCUT2D eigenvalue weighted by atomic mass is 10.1. The van der Waals surface area contributed by atoms with Crippen molar-refractivity contribution in [3.8, 4) is 0 Å². The Morgan fingerprint density at radius 2 is 2.00 bits per heavy atom. The van der Waals surface area contributed by atoms with E-state index in [1.807, 2.05) is 13.0 Å². The fourth-order valence-electron chi connectivity index (χ4n) is 1.53. The van der Waals surface area contributed by atoms with E-state index in [9.17, 15) is 0 Å². The zero-order valence-electron chi connectivity index (χ0n) is 9.63. The van der Waals surface area contributed by atoms with Crippen LogP contribution in [0.3, 0.4) is 0 Å². The molecule has 0 amide bonds. The molecule has 0 fully saturated rings. The number of aliphatic hydroxyl groups is 1. The Labute approximate surface area is 88.4 Å². The van der Waals surface area contributed by atoms with Gasteiger partial charge < -0.3 is 10.4 Å². The van der Waals surface area contributed by atoms with E-state index in [0.29, 0.717) is 6.04 Å². The summed E-state index contributed by atoms with van der Waals surface area (Å²) in [7, 11) is 0. The molecule has 0 aliphatic rings. The third kappa shape index (κ3) is 9.75. The zero-order valence-corrected chi connectivity index (χ0v) is 9.63. The minimum Gasteiger partial charge on any atom is -0.393 e. The standard InChI is InChI=1S/C12H25NO/c1-4-5-6-7-8-9-13-11(2)10-12(3)14/h4,11-14H,1,5-10H2,2-3H3. The van der Waals surface area contributed by atoms with E-state index in [4.69, 9.17) is 5.11 Å². The molecule has 0 aliphatic heterocycles. The van der Waals surface area contributed by atoms with Gasteiger partial charge in [0.2, 0.25) is 0 Å². The molecule has 0 aromatic heterocycles. The van der Waals surface area contributed by atoms with Gasteiger partial charge >= 0.3 is 0 Å². The van der Waals surface area contributed by atoms with Crippen LogP contribution in [0.4, 0.5) is 0 Å². The predicted octanol–water partition coefficient (Wildman–Crippen LogP) is 2.48. The highest BCUT2D eigenvalue weighted by molar-refractivity contribution is 4.66. The first-order chi connectivity index (χ1) is 6.66. The van der Waals surface area contributed by atoms with Crippen molar-refractivity contribution in [1.29, 1.82) is 0 Å². The number of hydrogen-bond donors (Lipinski definition) is 2. The van der Waals surface area contributed by atoms with Crippen molar-refractivity contribution >= 4 is 0 Å². The van der Waals surface area contributed by atoms with Crippen molar-refractivity contribution in [3.05, 3.63) is 12.7 Å². The first-order valence-electron chi connectivity index (χ1n) is 5.69. The minimum atomic E-state index is -0.196. The van der Waals surface area contributed by atoms with Crippen molar-refractivity contribution in [3.63, 3.8) is 0 Å². The van der Waals surface area contributed by atoms with E-state index >= 15 is 0 Å². The topological polar surface area (TPSA) is 32.3 Å². The van der Waals surface area contributed by atoms with Crippen LogP contribution in [0.5, 0.6) is 0 Å². The molecular weight excluding hydrogens is 174 g/mol. The molecular formula is C12H25NO. The highest BCUT2D eigenvalue weighted by atomic mass is 16.3. The summed E-state index contributed by atoms with van der Waals surface area (Å²) in [6, 6.07) is 0.425. The van der Waals surface area contributed by atoms with Gasteiger partial charge in [0.05, 0.1) is 6.10 Å². The maximum absolute atomic E-state index is 9.14. The number of rotatable bonds is 9. The molecule has 2 nitrogen and oxygen atoms in total. The summed E-state index contributed by atoms with van der Waals surface area (Å²) in [6.45, 7) is 8.71. The molecule has 0 spiro atoms. The quantitative estimate of drug-likeness (QED) is 0.442. The van der Waals surface area contributed by atoms with E-state index in [2.05, 4.69) is 18.8 Å². The summed E-state index contributed by atoms with van der Waals surface area (Å²) in [6.07, 6.45) is 7.48. The molecule has 14 heavy (non-hydrogen) atoms. The second-order valence-electron chi connectivity index (χ2n) is 4.08. The Hall–Kier alpha value is -0.340. The fraction of sp³-hybridized carbons (Fsp3) is 0.833. The van der Waals surface area contributed by atoms with E-state index in [-0.39, 0.29) is 6.10 Å². The van der Waals surface area contributed by atoms with Gasteiger partial charge in [-0.15, -0.1) is 6.58 Å². The monoisotopic (exact) mass is 199 g/mol. The Kier molecular flexibility index (Phi) is 9.00. The van der Waals surface area contributed by atoms with E-state index in [0.717, 1.165) is 19.4 Å². The smallest absolute Gasteiger partial charge is 0.0526 e. The normalized spacial score (nSPS) is 15.1. The Balaban J connectivity index is 3.14. The van der Waals surface area contributed by atoms with Crippen molar-refractivity contribution in [2.75, 3.05) is 6.54 Å². The van der Waals surface area contributed by atoms with Crippen LogP contribution in [0, 0.1) is 0 Å². The van der Waals surface area contributed by atoms with Crippen molar-refractivity contribution in [2.45, 2.75) is 58.1 Å². The molecule has 0 aromatic carbocycles. The molecule has 0 bridgehead atoms. The third-order valence-electron chi connectivity index (χ3n) is 2.27. The lowest BCUT2D eigenvalue weighted by molar-refractivity contribution is 0.170. The SMILES string of the molecule is C=CCCCCCNC(C)CC(C)O. The van der Waals surface area contributed by atoms with E-state index in [1.54, 1.807) is 0 Å². The Morgan fingerprint density at radius 3 is 2.57 bits per heavy atom. The minimum absolute atomic E-state index is 0.196. The van der Waals surface area contributed by atoms with E-state index < -0.39 is 0 Å². The van der Waals surface area contributed by atoms with E-state index in [1.165, 1.54) is 19.3 Å². The maximum Gasteiger partial charge on any atom is 0.0526 e. The second-order valence-corrected chi connectivity index (χ2v) is 4.08. The van der Waals surface area contributed by atoms with Gasteiger partial charge in [-0.2, -0.15) is 0 Å². The molecule has 2 N–H and O–H groups in total. The molecule has 84 valence electrons. The molecule has 0 saturated carbocycles. The first kappa shape index (κ1) is 13.7. The van der Waals surface area contributed by atoms with Gasteiger partial charge in [0.1, 0.15) is 0 Å². The van der Waals surface area contributed by atoms with Crippen LogP contribution in [0.25, 0.3) is 0 Å². The van der Waals surface area contributed by atoms with Crippen LogP contribution in [0.2, 0.25) is 0 Å². The van der Waals surface area contributed by atoms with Crippen LogP contribution >= 0.6 is 0 Å². The highest BCUT2D eigenvalue weighted by Gasteiger charge is 2.03. The van der Waals surface area contributed by atoms with Crippen LogP contribution in [0.1, 0.15) is 46.0 Å². The summed E-state index contributed by atoms with van der Waals surface area (Å²) < 4.78 is 0. The molecule has 2 atom stereocenters. The van der Waals surface area contributed by atoms with Crippen LogP contribution in [0.15, 0.2) is 12.7 Å². The number of unbranched alkanes of at least 4 members (excludes halogenated alkanes) is 3. The average Bonchev–Trinajstić information content (AvgIpc) is 2.10. The molecule has 0 rings (SSSR count). The maximum atomic E-state index is 9.14. The highest BCUT2D eigenvalue weighted by Crippen LogP contribution is 2.00. The third-order valence-corrected chi connectivity index (χ3v) is 2.27. The lowest BCUT2D eigenvalue weighted by Gasteiger charge is -2.14. The number of aliphatic hydroxyl groups excluding tert-OH is 1. The number of allylic oxidation sites excluding steroid dienone is 1. The molecule has 0 aromatic rings. The van der Waals surface area contributed by atoms with Crippen molar-refractivity contribution < 1.29 is 5.11 Å². The summed E-state index contributed by atoms with van der Waals surface area (Å²) in [5.41, 5.74) is 0. The molecule has 0 radical (unpaired) electrons. The average molecular weight is 199 g/mol. The van der Waals surface area contributed by atoms with Crippen molar-refractivity contribution in [2.24, 2.45) is 0 Å². The molecule has 2 unspecified atom stereocenters. The summed E-state index contributed by atoms with van der Waals surface area (Å²) in [5.74, 6) is 0. The largest absolute Gasteiger partial charge is 0.393 e. The Bertz CT molecular complexity index is 134. The summed E-state index contributed by atoms with van der Waals surface area (Å²) in [5, 5.41) is 12.5.